The monoisotopic (exact) mass is 546 g/mol. The number of nitrogens with one attached hydrogen (secondary N) is 2. The predicted octanol–water partition coefficient (Wildman–Crippen LogP) is 4.23. The van der Waals surface area contributed by atoms with Crippen LogP contribution in [0.3, 0.4) is 0 Å². The van der Waals surface area contributed by atoms with Crippen LogP contribution >= 0.6 is 35.6 Å². The normalized spacial score (nSPS) is 16.6. The number of guanidine groups is 1. The average molecular weight is 547 g/mol. The fourth-order valence-electron chi connectivity index (χ4n) is 3.32. The third-order valence-electron chi connectivity index (χ3n) is 4.87. The van der Waals surface area contributed by atoms with Gasteiger partial charge in [-0.25, -0.2) is 0 Å². The van der Waals surface area contributed by atoms with E-state index in [1.54, 1.807) is 0 Å². The van der Waals surface area contributed by atoms with E-state index in [-0.39, 0.29) is 29.9 Å². The third-order valence-corrected chi connectivity index (χ3v) is 5.10. The van der Waals surface area contributed by atoms with E-state index in [1.807, 2.05) is 18.2 Å². The fourth-order valence-corrected chi connectivity index (χ4v) is 3.51. The highest BCUT2D eigenvalue weighted by Gasteiger charge is 2.23. The van der Waals surface area contributed by atoms with Gasteiger partial charge >= 0.3 is 0 Å². The lowest BCUT2D eigenvalue weighted by Crippen LogP contribution is -2.44. The van der Waals surface area contributed by atoms with Crippen LogP contribution in [0.4, 0.5) is 5.69 Å². The van der Waals surface area contributed by atoms with E-state index >= 15 is 0 Å². The van der Waals surface area contributed by atoms with Gasteiger partial charge in [-0.2, -0.15) is 4.98 Å². The van der Waals surface area contributed by atoms with Crippen LogP contribution < -0.4 is 15.5 Å². The molecule has 2 heterocycles. The minimum Gasteiger partial charge on any atom is -0.369 e. The molecule has 1 unspecified atom stereocenters. The maximum absolute atomic E-state index is 6.13. The minimum absolute atomic E-state index is 0. The summed E-state index contributed by atoms with van der Waals surface area (Å²) >= 11 is 6.13. The molecule has 0 bridgehead atoms. The quantitative estimate of drug-likeness (QED) is 0.223. The molecule has 1 aromatic carbocycles. The Morgan fingerprint density at radius 3 is 2.93 bits per heavy atom. The molecule has 0 amide bonds. The number of aliphatic imine (C=N–C) groups is 1. The first-order valence-corrected chi connectivity index (χ1v) is 10.8. The van der Waals surface area contributed by atoms with Gasteiger partial charge in [-0.3, -0.25) is 4.99 Å². The van der Waals surface area contributed by atoms with E-state index < -0.39 is 0 Å². The smallest absolute Gasteiger partial charge is 0.226 e. The number of aryl methyl sites for hydroxylation is 1. The van der Waals surface area contributed by atoms with Crippen molar-refractivity contribution >= 4 is 47.2 Å². The lowest BCUT2D eigenvalue weighted by Gasteiger charge is -2.20. The van der Waals surface area contributed by atoms with Gasteiger partial charge in [0.15, 0.2) is 11.8 Å². The molecule has 30 heavy (non-hydrogen) atoms. The Morgan fingerprint density at radius 2 is 2.23 bits per heavy atom. The van der Waals surface area contributed by atoms with Crippen molar-refractivity contribution in [2.24, 2.45) is 4.99 Å². The molecule has 0 saturated carbocycles. The Kier molecular flexibility index (Phi) is 10.2. The first kappa shape index (κ1) is 24.7. The third kappa shape index (κ3) is 7.30. The Hall–Kier alpha value is -1.55. The molecule has 0 spiro atoms. The molecule has 2 aromatic rings. The summed E-state index contributed by atoms with van der Waals surface area (Å²) in [6, 6.07) is 8.39. The van der Waals surface area contributed by atoms with Gasteiger partial charge in [0.25, 0.3) is 0 Å². The van der Waals surface area contributed by atoms with Crippen LogP contribution in [0.1, 0.15) is 51.2 Å². The lowest BCUT2D eigenvalue weighted by atomic mass is 10.2. The highest BCUT2D eigenvalue weighted by atomic mass is 127. The van der Waals surface area contributed by atoms with Crippen molar-refractivity contribution in [3.8, 4) is 0 Å². The van der Waals surface area contributed by atoms with Crippen LogP contribution in [0.2, 0.25) is 5.02 Å². The van der Waals surface area contributed by atoms with Crippen LogP contribution in [-0.2, 0) is 6.42 Å². The topological polar surface area (TPSA) is 78.6 Å². The molecule has 1 saturated heterocycles. The largest absolute Gasteiger partial charge is 0.369 e. The maximum Gasteiger partial charge on any atom is 0.226 e. The first-order chi connectivity index (χ1) is 14.0. The van der Waals surface area contributed by atoms with E-state index in [0.29, 0.717) is 18.5 Å². The predicted molar refractivity (Wildman–Crippen MR) is 133 cm³/mol. The van der Waals surface area contributed by atoms with Crippen molar-refractivity contribution in [1.29, 1.82) is 0 Å². The van der Waals surface area contributed by atoms with Crippen LogP contribution in [-0.4, -0.2) is 48.3 Å². The summed E-state index contributed by atoms with van der Waals surface area (Å²) in [5.41, 5.74) is 1.17. The SMILES string of the molecule is CCNC(=NCCCc1nc(C(C)C)no1)NC1CCN(c2cccc(Cl)c2)C1.I. The summed E-state index contributed by atoms with van der Waals surface area (Å²) in [6.45, 7) is 9.68. The Balaban J connectivity index is 0.00000320. The number of benzene rings is 1. The molecule has 1 fully saturated rings. The van der Waals surface area contributed by atoms with E-state index in [2.05, 4.69) is 52.5 Å². The van der Waals surface area contributed by atoms with Gasteiger partial charge in [-0.1, -0.05) is 36.7 Å². The van der Waals surface area contributed by atoms with Crippen molar-refractivity contribution < 1.29 is 4.52 Å². The number of anilines is 1. The van der Waals surface area contributed by atoms with E-state index in [4.69, 9.17) is 21.1 Å². The highest BCUT2D eigenvalue weighted by Crippen LogP contribution is 2.23. The second-order valence-corrected chi connectivity index (χ2v) is 8.06. The molecular weight excluding hydrogens is 515 g/mol. The summed E-state index contributed by atoms with van der Waals surface area (Å²) in [7, 11) is 0. The van der Waals surface area contributed by atoms with E-state index in [0.717, 1.165) is 55.7 Å². The molecule has 166 valence electrons. The molecule has 7 nitrogen and oxygen atoms in total. The Morgan fingerprint density at radius 1 is 1.40 bits per heavy atom. The average Bonchev–Trinajstić information content (AvgIpc) is 3.35. The second-order valence-electron chi connectivity index (χ2n) is 7.62. The zero-order valence-electron chi connectivity index (χ0n) is 17.9. The van der Waals surface area contributed by atoms with Gasteiger partial charge < -0.3 is 20.1 Å². The van der Waals surface area contributed by atoms with Gasteiger partial charge in [0.1, 0.15) is 0 Å². The number of hydrogen-bond donors (Lipinski definition) is 2. The maximum atomic E-state index is 6.13. The van der Waals surface area contributed by atoms with Gasteiger partial charge in [-0.15, -0.1) is 24.0 Å². The van der Waals surface area contributed by atoms with Gasteiger partial charge in [0.2, 0.25) is 5.89 Å². The number of rotatable bonds is 8. The summed E-state index contributed by atoms with van der Waals surface area (Å²) in [5.74, 6) is 2.60. The standard InChI is InChI=1S/C21H31ClN6O.HI/c1-4-23-21(24-11-6-9-19-26-20(15(2)3)27-29-19)25-17-10-12-28(14-17)18-8-5-7-16(22)13-18;/h5,7-8,13,15,17H,4,6,9-12,14H2,1-3H3,(H2,23,24,25);1H. The zero-order chi connectivity index (χ0) is 20.6. The van der Waals surface area contributed by atoms with Gasteiger partial charge in [-0.05, 0) is 38.0 Å². The first-order valence-electron chi connectivity index (χ1n) is 10.4. The zero-order valence-corrected chi connectivity index (χ0v) is 21.0. The Bertz CT molecular complexity index is 812. The van der Waals surface area contributed by atoms with Crippen molar-refractivity contribution in [3.05, 3.63) is 41.0 Å². The van der Waals surface area contributed by atoms with Crippen LogP contribution in [0.15, 0.2) is 33.8 Å². The van der Waals surface area contributed by atoms with E-state index in [9.17, 15) is 0 Å². The van der Waals surface area contributed by atoms with Crippen LogP contribution in [0.5, 0.6) is 0 Å². The molecule has 3 rings (SSSR count). The molecule has 0 radical (unpaired) electrons. The number of aromatic nitrogens is 2. The van der Waals surface area contributed by atoms with Crippen LogP contribution in [0.25, 0.3) is 0 Å². The fraction of sp³-hybridized carbons (Fsp3) is 0.571. The molecule has 1 aromatic heterocycles. The summed E-state index contributed by atoms with van der Waals surface area (Å²) in [4.78, 5) is 11.5. The van der Waals surface area contributed by atoms with Gasteiger partial charge in [0.05, 0.1) is 0 Å². The lowest BCUT2D eigenvalue weighted by molar-refractivity contribution is 0.369. The highest BCUT2D eigenvalue weighted by molar-refractivity contribution is 14.0. The number of halogens is 2. The van der Waals surface area contributed by atoms with E-state index in [1.165, 1.54) is 5.69 Å². The molecule has 9 heteroatoms. The van der Waals surface area contributed by atoms with Crippen molar-refractivity contribution in [2.75, 3.05) is 31.1 Å². The summed E-state index contributed by atoms with van der Waals surface area (Å²) < 4.78 is 5.29. The summed E-state index contributed by atoms with van der Waals surface area (Å²) in [6.07, 6.45) is 2.68. The Labute approximate surface area is 201 Å². The van der Waals surface area contributed by atoms with Crippen molar-refractivity contribution in [3.63, 3.8) is 0 Å². The van der Waals surface area contributed by atoms with Crippen molar-refractivity contribution in [2.45, 2.75) is 52.0 Å². The van der Waals surface area contributed by atoms with Gasteiger partial charge in [0, 0.05) is 55.3 Å². The van der Waals surface area contributed by atoms with Crippen molar-refractivity contribution in [1.82, 2.24) is 20.8 Å². The molecule has 2 N–H and O–H groups in total. The summed E-state index contributed by atoms with van der Waals surface area (Å²) in [5, 5.41) is 11.7. The number of hydrogen-bond acceptors (Lipinski definition) is 5. The molecule has 1 aliphatic rings. The molecule has 1 aliphatic heterocycles. The molecule has 1 atom stereocenters. The molecule has 0 aliphatic carbocycles. The second kappa shape index (κ2) is 12.3. The van der Waals surface area contributed by atoms with Crippen LogP contribution in [0, 0.1) is 0 Å². The molecular formula is C21H32ClIN6O. The minimum atomic E-state index is 0. The number of nitrogens with zero attached hydrogens (tertiary/aromatic N) is 4.